The highest BCUT2D eigenvalue weighted by molar-refractivity contribution is 8.00. The lowest BCUT2D eigenvalue weighted by atomic mass is 9.68. The first-order valence-corrected chi connectivity index (χ1v) is 14.5. The zero-order valence-electron chi connectivity index (χ0n) is 21.2. The van der Waals surface area contributed by atoms with Gasteiger partial charge in [0.15, 0.2) is 0 Å². The number of aromatic amines is 1. The number of aromatic nitrogens is 1. The molecule has 0 unspecified atom stereocenters. The number of thiazole rings is 1. The van der Waals surface area contributed by atoms with Crippen LogP contribution in [0.15, 0.2) is 34.1 Å². The van der Waals surface area contributed by atoms with Crippen molar-refractivity contribution in [2.45, 2.75) is 48.9 Å². The van der Waals surface area contributed by atoms with Crippen molar-refractivity contribution in [3.63, 3.8) is 0 Å². The number of benzene rings is 1. The SMILES string of the molecule is CC(C)C[C@H](C(=O)O)N1C(=O)[C@@H]2[C@H]3C[C@@H]([C@@H]2C1=O)[C@@H]1[C@H](c2ccc(N(C)C)cc2)c2sc(=O)[nH]c2S[C@H]31. The second-order valence-electron chi connectivity index (χ2n) is 11.5. The number of anilines is 1. The Morgan fingerprint density at radius 2 is 1.76 bits per heavy atom. The molecular weight excluding hydrogens is 510 g/mol. The zero-order valence-corrected chi connectivity index (χ0v) is 22.8. The summed E-state index contributed by atoms with van der Waals surface area (Å²) in [6, 6.07) is 7.26. The highest BCUT2D eigenvalue weighted by Gasteiger charge is 2.70. The minimum Gasteiger partial charge on any atom is -0.480 e. The van der Waals surface area contributed by atoms with E-state index in [0.717, 1.165) is 32.5 Å². The maximum Gasteiger partial charge on any atom is 0.326 e. The van der Waals surface area contributed by atoms with Crippen molar-refractivity contribution in [1.29, 1.82) is 0 Å². The molecule has 8 nitrogen and oxygen atoms in total. The van der Waals surface area contributed by atoms with E-state index in [1.807, 2.05) is 32.8 Å². The van der Waals surface area contributed by atoms with Gasteiger partial charge in [0.2, 0.25) is 11.8 Å². The molecule has 2 aromatic rings. The molecule has 37 heavy (non-hydrogen) atoms. The lowest BCUT2D eigenvalue weighted by Gasteiger charge is -2.43. The number of hydrogen-bond donors (Lipinski definition) is 2. The second kappa shape index (κ2) is 8.73. The van der Waals surface area contributed by atoms with Gasteiger partial charge in [-0.1, -0.05) is 37.3 Å². The van der Waals surface area contributed by atoms with E-state index in [4.69, 9.17) is 0 Å². The van der Waals surface area contributed by atoms with Crippen LogP contribution < -0.4 is 9.77 Å². The molecule has 2 N–H and O–H groups in total. The third-order valence-electron chi connectivity index (χ3n) is 8.82. The van der Waals surface area contributed by atoms with Gasteiger partial charge in [-0.05, 0) is 54.2 Å². The first-order valence-electron chi connectivity index (χ1n) is 12.8. The number of carbonyl (C=O) groups is 3. The maximum absolute atomic E-state index is 13.8. The van der Waals surface area contributed by atoms with Crippen LogP contribution >= 0.6 is 23.1 Å². The Balaban J connectivity index is 1.40. The smallest absolute Gasteiger partial charge is 0.326 e. The van der Waals surface area contributed by atoms with E-state index in [0.29, 0.717) is 0 Å². The fraction of sp³-hybridized carbons (Fsp3) is 0.556. The topological polar surface area (TPSA) is 111 Å². The zero-order chi connectivity index (χ0) is 26.3. The number of imide groups is 1. The van der Waals surface area contributed by atoms with Gasteiger partial charge >= 0.3 is 10.8 Å². The van der Waals surface area contributed by atoms with Crippen LogP contribution in [0.1, 0.15) is 43.0 Å². The maximum atomic E-state index is 13.8. The molecule has 2 bridgehead atoms. The minimum absolute atomic E-state index is 0.0138. The summed E-state index contributed by atoms with van der Waals surface area (Å²) in [5, 5.41) is 10.9. The fourth-order valence-electron chi connectivity index (χ4n) is 7.46. The van der Waals surface area contributed by atoms with Gasteiger partial charge in [-0.3, -0.25) is 19.3 Å². The highest BCUT2D eigenvalue weighted by Crippen LogP contribution is 2.68. The third-order valence-corrected chi connectivity index (χ3v) is 11.4. The predicted octanol–water partition coefficient (Wildman–Crippen LogP) is 3.48. The van der Waals surface area contributed by atoms with E-state index in [1.54, 1.807) is 11.8 Å². The Labute approximate surface area is 223 Å². The third kappa shape index (κ3) is 3.62. The van der Waals surface area contributed by atoms with Gasteiger partial charge < -0.3 is 15.0 Å². The van der Waals surface area contributed by atoms with Gasteiger partial charge in [0.05, 0.1) is 16.9 Å². The quantitative estimate of drug-likeness (QED) is 0.539. The number of thioether (sulfide) groups is 1. The average molecular weight is 542 g/mol. The van der Waals surface area contributed by atoms with Crippen LogP contribution in [0.5, 0.6) is 0 Å². The summed E-state index contributed by atoms with van der Waals surface area (Å²) in [4.78, 5) is 59.1. The molecule has 196 valence electrons. The lowest BCUT2D eigenvalue weighted by Crippen LogP contribution is -2.47. The van der Waals surface area contributed by atoms with Crippen molar-refractivity contribution in [2.75, 3.05) is 19.0 Å². The fourth-order valence-corrected chi connectivity index (χ4v) is 10.4. The predicted molar refractivity (Wildman–Crippen MR) is 142 cm³/mol. The van der Waals surface area contributed by atoms with Crippen molar-refractivity contribution in [2.24, 2.45) is 35.5 Å². The number of carboxylic acid groups (broad SMARTS) is 1. The number of nitrogens with one attached hydrogen (secondary N) is 1. The number of fused-ring (bicyclic) bond motifs is 9. The standard InChI is InChI=1S/C27H31N3O5S2/c1-11(2)9-16(26(33)34)30-24(31)19-14-10-15(20(19)25(30)32)21-18(14)17(22-23(36-21)28-27(35)37-22)12-5-7-13(8-6-12)29(3)4/h5-8,11,14-21H,9-10H2,1-4H3,(H,28,35)(H,33,34)/t14-,15-,16-,17+,18-,19+,20-,21-/m1/s1. The second-order valence-corrected chi connectivity index (χ2v) is 13.7. The molecule has 0 radical (unpaired) electrons. The summed E-state index contributed by atoms with van der Waals surface area (Å²) in [7, 11) is 3.99. The molecule has 1 saturated heterocycles. The monoisotopic (exact) mass is 541 g/mol. The van der Waals surface area contributed by atoms with E-state index in [-0.39, 0.29) is 57.9 Å². The number of nitrogens with zero attached hydrogens (tertiary/aromatic N) is 2. The summed E-state index contributed by atoms with van der Waals surface area (Å²) in [5.41, 5.74) is 2.19. The number of rotatable bonds is 6. The Hall–Kier alpha value is -2.59. The van der Waals surface area contributed by atoms with Gasteiger partial charge in [-0.15, -0.1) is 11.8 Å². The number of hydrogen-bond acceptors (Lipinski definition) is 7. The Bertz CT molecular complexity index is 1330. The van der Waals surface area contributed by atoms with Crippen molar-refractivity contribution in [3.8, 4) is 0 Å². The average Bonchev–Trinajstić information content (AvgIpc) is 3.56. The molecule has 0 spiro atoms. The molecule has 3 fully saturated rings. The molecule has 4 aliphatic rings. The molecule has 8 atom stereocenters. The van der Waals surface area contributed by atoms with Gasteiger partial charge in [0.25, 0.3) is 0 Å². The summed E-state index contributed by atoms with van der Waals surface area (Å²) in [5.74, 6) is -2.62. The van der Waals surface area contributed by atoms with Gasteiger partial charge in [-0.25, -0.2) is 4.79 Å². The lowest BCUT2D eigenvalue weighted by molar-refractivity contribution is -0.156. The van der Waals surface area contributed by atoms with E-state index in [9.17, 15) is 24.3 Å². The van der Waals surface area contributed by atoms with E-state index < -0.39 is 23.8 Å². The number of aliphatic carboxylic acids is 1. The highest BCUT2D eigenvalue weighted by atomic mass is 32.2. The number of H-pyrrole nitrogens is 1. The van der Waals surface area contributed by atoms with Crippen LogP contribution in [0, 0.1) is 35.5 Å². The molecule has 1 aromatic carbocycles. The summed E-state index contributed by atoms with van der Waals surface area (Å²) < 4.78 is 0. The molecule has 6 rings (SSSR count). The molecular formula is C27H31N3O5S2. The first-order chi connectivity index (χ1) is 17.6. The van der Waals surface area contributed by atoms with Crippen LogP contribution in [0.3, 0.4) is 0 Å². The van der Waals surface area contributed by atoms with E-state index >= 15 is 0 Å². The van der Waals surface area contributed by atoms with Crippen LogP contribution in [-0.4, -0.2) is 58.2 Å². The van der Waals surface area contributed by atoms with Crippen molar-refractivity contribution in [3.05, 3.63) is 44.4 Å². The summed E-state index contributed by atoms with van der Waals surface area (Å²) in [6.07, 6.45) is 1.04. The molecule has 2 aliphatic heterocycles. The molecule has 10 heteroatoms. The van der Waals surface area contributed by atoms with Crippen molar-refractivity contribution < 1.29 is 19.5 Å². The molecule has 1 aromatic heterocycles. The summed E-state index contributed by atoms with van der Waals surface area (Å²) in [6.45, 7) is 3.81. The normalized spacial score (nSPS) is 32.5. The minimum atomic E-state index is -1.12. The molecule has 2 amide bonds. The molecule has 2 aliphatic carbocycles. The number of amides is 2. The largest absolute Gasteiger partial charge is 0.480 e. The van der Waals surface area contributed by atoms with Crippen LogP contribution in [0.25, 0.3) is 0 Å². The van der Waals surface area contributed by atoms with Gasteiger partial charge in [0.1, 0.15) is 6.04 Å². The van der Waals surface area contributed by atoms with Gasteiger partial charge in [-0.2, -0.15) is 0 Å². The number of carboxylic acids is 1. The van der Waals surface area contributed by atoms with Crippen LogP contribution in [0.2, 0.25) is 0 Å². The van der Waals surface area contributed by atoms with Crippen molar-refractivity contribution >= 4 is 46.6 Å². The molecule has 2 saturated carbocycles. The molecule has 3 heterocycles. The summed E-state index contributed by atoms with van der Waals surface area (Å²) >= 11 is 2.89. The Morgan fingerprint density at radius 1 is 1.11 bits per heavy atom. The van der Waals surface area contributed by atoms with E-state index in [1.165, 1.54) is 11.3 Å². The van der Waals surface area contributed by atoms with Gasteiger partial charge in [0, 0.05) is 35.8 Å². The number of carbonyl (C=O) groups excluding carboxylic acids is 2. The Morgan fingerprint density at radius 3 is 2.35 bits per heavy atom. The van der Waals surface area contributed by atoms with Crippen LogP contribution in [-0.2, 0) is 14.4 Å². The van der Waals surface area contributed by atoms with Crippen molar-refractivity contribution in [1.82, 2.24) is 9.88 Å². The Kier molecular flexibility index (Phi) is 5.83. The first kappa shape index (κ1) is 24.7. The van der Waals surface area contributed by atoms with Crippen LogP contribution in [0.4, 0.5) is 5.69 Å². The number of likely N-dealkylation sites (tertiary alicyclic amines) is 1. The van der Waals surface area contributed by atoms with E-state index in [2.05, 4.69) is 29.2 Å².